The number of hydrogen-bond donors (Lipinski definition) is 0. The molecule has 0 amide bonds. The van der Waals surface area contributed by atoms with Gasteiger partial charge in [0.2, 0.25) is 0 Å². The number of nitriles is 1. The van der Waals surface area contributed by atoms with Gasteiger partial charge in [-0.05, 0) is 34.1 Å². The molecule has 0 heterocycles. The minimum atomic E-state index is -4.75. The Hall–Kier alpha value is -1.88. The van der Waals surface area contributed by atoms with Gasteiger partial charge in [-0.1, -0.05) is 0 Å². The average molecular weight is 349 g/mol. The van der Waals surface area contributed by atoms with Crippen LogP contribution in [0.1, 0.15) is 12.0 Å². The minimum Gasteiger partial charge on any atom is -0.469 e. The Bertz CT molecular complexity index is 591. The highest BCUT2D eigenvalue weighted by Gasteiger charge is 2.37. The monoisotopic (exact) mass is 348 g/mol. The molecule has 4 nitrogen and oxygen atoms in total. The van der Waals surface area contributed by atoms with E-state index in [1.54, 1.807) is 0 Å². The molecule has 0 aliphatic carbocycles. The van der Waals surface area contributed by atoms with Crippen LogP contribution in [-0.4, -0.2) is 25.0 Å². The maximum atomic E-state index is 12.8. The van der Waals surface area contributed by atoms with Crippen molar-refractivity contribution in [2.75, 3.05) is 7.11 Å². The van der Waals surface area contributed by atoms with Crippen LogP contribution < -0.4 is 0 Å². The Kier molecular flexibility index (Phi) is 5.27. The predicted octanol–water partition coefficient (Wildman–Crippen LogP) is 3.52. The van der Waals surface area contributed by atoms with Crippen molar-refractivity contribution in [3.8, 4) is 6.07 Å². The smallest absolute Gasteiger partial charge is 0.430 e. The maximum absolute atomic E-state index is 12.8. The van der Waals surface area contributed by atoms with Crippen molar-refractivity contribution in [3.63, 3.8) is 0 Å². The first kappa shape index (κ1) is 16.2. The second-order valence-corrected chi connectivity index (χ2v) is 4.44. The highest BCUT2D eigenvalue weighted by molar-refractivity contribution is 9.10. The summed E-state index contributed by atoms with van der Waals surface area (Å²) in [5.74, 6) is -1.04. The highest BCUT2D eigenvalue weighted by atomic mass is 79.9. The first-order valence-electron chi connectivity index (χ1n) is 5.19. The Balaban J connectivity index is 3.20. The first-order valence-corrected chi connectivity index (χ1v) is 5.98. The molecule has 0 saturated carbocycles. The van der Waals surface area contributed by atoms with Crippen LogP contribution in [0.5, 0.6) is 0 Å². The van der Waals surface area contributed by atoms with Crippen LogP contribution in [0.4, 0.5) is 18.9 Å². The van der Waals surface area contributed by atoms with E-state index >= 15 is 0 Å². The number of alkyl halides is 3. The summed E-state index contributed by atoms with van der Waals surface area (Å²) in [6.07, 6.45) is -5.73. The van der Waals surface area contributed by atoms with Gasteiger partial charge in [0, 0.05) is 4.47 Å². The molecule has 0 unspecified atom stereocenters. The lowest BCUT2D eigenvalue weighted by Gasteiger charge is -2.10. The van der Waals surface area contributed by atoms with E-state index < -0.39 is 24.3 Å². The molecule has 0 spiro atoms. The molecule has 0 aromatic heterocycles. The first-order chi connectivity index (χ1) is 9.27. The van der Waals surface area contributed by atoms with Crippen LogP contribution in [0.15, 0.2) is 27.7 Å². The van der Waals surface area contributed by atoms with Crippen LogP contribution in [0.25, 0.3) is 0 Å². The van der Waals surface area contributed by atoms with E-state index in [-0.39, 0.29) is 15.7 Å². The van der Waals surface area contributed by atoms with E-state index in [1.807, 2.05) is 6.07 Å². The molecule has 0 fully saturated rings. The zero-order valence-corrected chi connectivity index (χ0v) is 11.7. The molecule has 0 radical (unpaired) electrons. The lowest BCUT2D eigenvalue weighted by molar-refractivity contribution is -0.140. The Labute approximate surface area is 121 Å². The summed E-state index contributed by atoms with van der Waals surface area (Å²) in [5.41, 5.74) is -1.02. The summed E-state index contributed by atoms with van der Waals surface area (Å²) in [7, 11) is 0.994. The van der Waals surface area contributed by atoms with Crippen LogP contribution in [0.3, 0.4) is 0 Å². The third-order valence-corrected chi connectivity index (χ3v) is 2.83. The number of hydrogen-bond acceptors (Lipinski definition) is 4. The van der Waals surface area contributed by atoms with Gasteiger partial charge < -0.3 is 4.74 Å². The normalized spacial score (nSPS) is 11.9. The van der Waals surface area contributed by atoms with E-state index in [2.05, 4.69) is 25.7 Å². The molecule has 0 aliphatic heterocycles. The molecular formula is C12H8BrF3N2O2. The molecular weight excluding hydrogens is 341 g/mol. The molecule has 20 heavy (non-hydrogen) atoms. The van der Waals surface area contributed by atoms with Gasteiger partial charge in [-0.2, -0.15) is 18.4 Å². The summed E-state index contributed by atoms with van der Waals surface area (Å²) < 4.78 is 42.8. The van der Waals surface area contributed by atoms with E-state index in [0.717, 1.165) is 7.11 Å². The molecule has 1 rings (SSSR count). The lowest BCUT2D eigenvalue weighted by atomic mass is 10.2. The van der Waals surface area contributed by atoms with E-state index in [9.17, 15) is 18.0 Å². The zero-order valence-electron chi connectivity index (χ0n) is 10.2. The fourth-order valence-corrected chi connectivity index (χ4v) is 1.69. The number of benzene rings is 1. The Morgan fingerprint density at radius 3 is 2.60 bits per heavy atom. The summed E-state index contributed by atoms with van der Waals surface area (Å²) in [5, 5.41) is 8.67. The van der Waals surface area contributed by atoms with Crippen LogP contribution >= 0.6 is 15.9 Å². The minimum absolute atomic E-state index is 0.0276. The Morgan fingerprint density at radius 2 is 2.15 bits per heavy atom. The lowest BCUT2D eigenvalue weighted by Crippen LogP contribution is -2.26. The van der Waals surface area contributed by atoms with Gasteiger partial charge in [-0.3, -0.25) is 4.79 Å². The van der Waals surface area contributed by atoms with Crippen molar-refractivity contribution in [1.82, 2.24) is 0 Å². The summed E-state index contributed by atoms with van der Waals surface area (Å²) in [4.78, 5) is 14.4. The fourth-order valence-electron chi connectivity index (χ4n) is 1.22. The standard InChI is InChI=1S/C12H8BrF3N2O2/c1-20-11(19)5-10(12(14,15)16)18-9-3-2-7(6-17)4-8(9)13/h2-4H,5H2,1H3. The van der Waals surface area contributed by atoms with Gasteiger partial charge in [0.15, 0.2) is 0 Å². The maximum Gasteiger partial charge on any atom is 0.430 e. The fraction of sp³-hybridized carbons (Fsp3) is 0.250. The quantitative estimate of drug-likeness (QED) is 0.620. The van der Waals surface area contributed by atoms with Gasteiger partial charge in [0.1, 0.15) is 5.71 Å². The third-order valence-electron chi connectivity index (χ3n) is 2.20. The van der Waals surface area contributed by atoms with Crippen molar-refractivity contribution in [2.45, 2.75) is 12.6 Å². The van der Waals surface area contributed by atoms with Gasteiger partial charge in [0.05, 0.1) is 30.9 Å². The Morgan fingerprint density at radius 1 is 1.50 bits per heavy atom. The number of carbonyl (C=O) groups excluding carboxylic acids is 1. The summed E-state index contributed by atoms with van der Waals surface area (Å²) in [6, 6.07) is 5.77. The topological polar surface area (TPSA) is 62.4 Å². The molecule has 0 aliphatic rings. The van der Waals surface area contributed by atoms with E-state index in [4.69, 9.17) is 5.26 Å². The van der Waals surface area contributed by atoms with Crippen LogP contribution in [0, 0.1) is 11.3 Å². The van der Waals surface area contributed by atoms with Gasteiger partial charge in [-0.25, -0.2) is 4.99 Å². The summed E-state index contributed by atoms with van der Waals surface area (Å²) >= 11 is 3.02. The SMILES string of the molecule is COC(=O)CC(=Nc1ccc(C#N)cc1Br)C(F)(F)F. The predicted molar refractivity (Wildman–Crippen MR) is 68.6 cm³/mol. The van der Waals surface area contributed by atoms with Crippen molar-refractivity contribution >= 4 is 33.3 Å². The largest absolute Gasteiger partial charge is 0.469 e. The molecule has 8 heteroatoms. The van der Waals surface area contributed by atoms with Crippen molar-refractivity contribution in [2.24, 2.45) is 4.99 Å². The average Bonchev–Trinajstić information content (AvgIpc) is 2.38. The number of carbonyl (C=O) groups is 1. The zero-order chi connectivity index (χ0) is 15.3. The second-order valence-electron chi connectivity index (χ2n) is 3.59. The molecule has 0 atom stereocenters. The van der Waals surface area contributed by atoms with Crippen molar-refractivity contribution in [1.29, 1.82) is 5.26 Å². The number of nitrogens with zero attached hydrogens (tertiary/aromatic N) is 2. The second kappa shape index (κ2) is 6.52. The van der Waals surface area contributed by atoms with Crippen molar-refractivity contribution in [3.05, 3.63) is 28.2 Å². The molecule has 0 saturated heterocycles. The molecule has 106 valence electrons. The number of methoxy groups -OCH3 is 1. The number of aliphatic imine (C=N–C) groups is 1. The van der Waals surface area contributed by atoms with E-state index in [1.165, 1.54) is 18.2 Å². The molecule has 1 aromatic carbocycles. The summed E-state index contributed by atoms with van der Waals surface area (Å²) in [6.45, 7) is 0. The third kappa shape index (κ3) is 4.35. The van der Waals surface area contributed by atoms with Gasteiger partial charge in [-0.15, -0.1) is 0 Å². The van der Waals surface area contributed by atoms with Gasteiger partial charge in [0.25, 0.3) is 0 Å². The number of rotatable bonds is 3. The molecule has 1 aromatic rings. The van der Waals surface area contributed by atoms with Crippen LogP contribution in [0.2, 0.25) is 0 Å². The molecule has 0 bridgehead atoms. The number of esters is 1. The van der Waals surface area contributed by atoms with Crippen LogP contribution in [-0.2, 0) is 9.53 Å². The molecule has 0 N–H and O–H groups in total. The van der Waals surface area contributed by atoms with Crippen molar-refractivity contribution < 1.29 is 22.7 Å². The van der Waals surface area contributed by atoms with E-state index in [0.29, 0.717) is 0 Å². The number of ether oxygens (including phenoxy) is 1. The number of halogens is 4. The highest BCUT2D eigenvalue weighted by Crippen LogP contribution is 2.30. The van der Waals surface area contributed by atoms with Gasteiger partial charge >= 0.3 is 12.1 Å².